The van der Waals surface area contributed by atoms with Crippen LogP contribution in [0.25, 0.3) is 0 Å². The summed E-state index contributed by atoms with van der Waals surface area (Å²) in [5.41, 5.74) is 1.87. The Bertz CT molecular complexity index is 380. The van der Waals surface area contributed by atoms with Crippen molar-refractivity contribution in [1.29, 1.82) is 0 Å². The van der Waals surface area contributed by atoms with E-state index >= 15 is 0 Å². The Morgan fingerprint density at radius 2 is 1.89 bits per heavy atom. The number of nitrogens with zero attached hydrogens (tertiary/aromatic N) is 2. The van der Waals surface area contributed by atoms with E-state index in [1.807, 2.05) is 25.2 Å². The van der Waals surface area contributed by atoms with Crippen LogP contribution in [0.15, 0.2) is 18.2 Å². The fourth-order valence-electron chi connectivity index (χ4n) is 1.84. The monoisotopic (exact) mass is 270 g/mol. The molecule has 0 aliphatic rings. The van der Waals surface area contributed by atoms with Crippen molar-refractivity contribution < 1.29 is 5.11 Å². The molecule has 18 heavy (non-hydrogen) atoms. The molecule has 0 amide bonds. The Labute approximate surface area is 115 Å². The van der Waals surface area contributed by atoms with Gasteiger partial charge < -0.3 is 14.9 Å². The molecule has 0 unspecified atom stereocenters. The summed E-state index contributed by atoms with van der Waals surface area (Å²) in [7, 11) is 6.19. The second-order valence-corrected chi connectivity index (χ2v) is 5.37. The van der Waals surface area contributed by atoms with E-state index in [1.54, 1.807) is 6.92 Å². The molecule has 0 saturated heterocycles. The third-order valence-corrected chi connectivity index (χ3v) is 3.27. The molecule has 1 N–H and O–H groups in total. The molecule has 1 atom stereocenters. The van der Waals surface area contributed by atoms with Crippen LogP contribution >= 0.6 is 11.6 Å². The minimum absolute atomic E-state index is 0.476. The highest BCUT2D eigenvalue weighted by molar-refractivity contribution is 6.33. The molecule has 102 valence electrons. The number of hydrogen-bond donors (Lipinski definition) is 1. The number of hydrogen-bond acceptors (Lipinski definition) is 3. The predicted molar refractivity (Wildman–Crippen MR) is 78.5 cm³/mol. The van der Waals surface area contributed by atoms with E-state index in [-0.39, 0.29) is 0 Å². The van der Waals surface area contributed by atoms with E-state index in [1.165, 1.54) is 0 Å². The van der Waals surface area contributed by atoms with Crippen molar-refractivity contribution in [2.75, 3.05) is 39.1 Å². The second-order valence-electron chi connectivity index (χ2n) is 4.97. The fraction of sp³-hybridized carbons (Fsp3) is 0.571. The quantitative estimate of drug-likeness (QED) is 0.861. The van der Waals surface area contributed by atoms with Crippen molar-refractivity contribution in [3.63, 3.8) is 0 Å². The topological polar surface area (TPSA) is 26.7 Å². The van der Waals surface area contributed by atoms with Crippen LogP contribution in [0.2, 0.25) is 5.02 Å². The maximum atomic E-state index is 9.50. The molecule has 0 spiro atoms. The van der Waals surface area contributed by atoms with Crippen molar-refractivity contribution in [3.8, 4) is 0 Å². The highest BCUT2D eigenvalue weighted by atomic mass is 35.5. The van der Waals surface area contributed by atoms with Crippen LogP contribution in [0.4, 0.5) is 5.69 Å². The Morgan fingerprint density at radius 1 is 1.22 bits per heavy atom. The average molecular weight is 271 g/mol. The summed E-state index contributed by atoms with van der Waals surface area (Å²) in [5, 5.41) is 10.2. The van der Waals surface area contributed by atoms with E-state index in [4.69, 9.17) is 11.6 Å². The first-order valence-corrected chi connectivity index (χ1v) is 6.63. The maximum Gasteiger partial charge on any atom is 0.0762 e. The van der Waals surface area contributed by atoms with Gasteiger partial charge in [0.2, 0.25) is 0 Å². The molecule has 3 nitrogen and oxygen atoms in total. The first-order valence-electron chi connectivity index (χ1n) is 6.25. The van der Waals surface area contributed by atoms with Gasteiger partial charge in [0.1, 0.15) is 0 Å². The van der Waals surface area contributed by atoms with Gasteiger partial charge in [-0.1, -0.05) is 17.7 Å². The minimum Gasteiger partial charge on any atom is -0.389 e. The molecule has 1 aromatic rings. The molecule has 0 aromatic heterocycles. The van der Waals surface area contributed by atoms with E-state index in [9.17, 15) is 5.11 Å². The van der Waals surface area contributed by atoms with E-state index in [2.05, 4.69) is 23.9 Å². The van der Waals surface area contributed by atoms with Crippen LogP contribution in [-0.4, -0.2) is 44.2 Å². The largest absolute Gasteiger partial charge is 0.389 e. The van der Waals surface area contributed by atoms with Crippen molar-refractivity contribution in [2.24, 2.45) is 0 Å². The molecule has 1 aromatic carbocycles. The van der Waals surface area contributed by atoms with Gasteiger partial charge in [0.15, 0.2) is 0 Å². The molecule has 0 heterocycles. The highest BCUT2D eigenvalue weighted by Gasteiger charge is 2.09. The van der Waals surface area contributed by atoms with Crippen LogP contribution in [-0.2, 0) is 0 Å². The van der Waals surface area contributed by atoms with Crippen LogP contribution in [0.1, 0.15) is 25.0 Å². The summed E-state index contributed by atoms with van der Waals surface area (Å²) in [6, 6.07) is 5.73. The normalized spacial score (nSPS) is 12.8. The number of rotatable bonds is 6. The molecule has 0 aliphatic heterocycles. The lowest BCUT2D eigenvalue weighted by Gasteiger charge is -2.22. The lowest BCUT2D eigenvalue weighted by molar-refractivity contribution is 0.199. The standard InChI is InChI=1S/C14H23ClN2O/c1-11(18)12-6-7-14(13(15)10-12)17(4)9-5-8-16(2)3/h6-7,10-11,18H,5,8-9H2,1-4H3/t11-/m0/s1. The zero-order valence-electron chi connectivity index (χ0n) is 11.7. The number of halogens is 1. The number of anilines is 1. The Morgan fingerprint density at radius 3 is 2.39 bits per heavy atom. The van der Waals surface area contributed by atoms with E-state index < -0.39 is 6.10 Å². The summed E-state index contributed by atoms with van der Waals surface area (Å²) in [6.07, 6.45) is 0.619. The SMILES string of the molecule is C[C@H](O)c1ccc(N(C)CCCN(C)C)c(Cl)c1. The summed E-state index contributed by atoms with van der Waals surface area (Å²) in [4.78, 5) is 4.32. The predicted octanol–water partition coefficient (Wildman–Crippen LogP) is 2.78. The average Bonchev–Trinajstić information content (AvgIpc) is 2.27. The van der Waals surface area contributed by atoms with Gasteiger partial charge in [-0.3, -0.25) is 0 Å². The Kier molecular flexibility index (Phi) is 5.93. The summed E-state index contributed by atoms with van der Waals surface area (Å²) in [6.45, 7) is 3.77. The Hall–Kier alpha value is -0.770. The molecule has 4 heteroatoms. The van der Waals surface area contributed by atoms with Gasteiger partial charge in [0.25, 0.3) is 0 Å². The molecular weight excluding hydrogens is 248 g/mol. The third kappa shape index (κ3) is 4.48. The van der Waals surface area contributed by atoms with Crippen LogP contribution in [0.5, 0.6) is 0 Å². The second kappa shape index (κ2) is 6.98. The van der Waals surface area contributed by atoms with Gasteiger partial charge >= 0.3 is 0 Å². The smallest absolute Gasteiger partial charge is 0.0762 e. The minimum atomic E-state index is -0.476. The number of benzene rings is 1. The van der Waals surface area contributed by atoms with Crippen LogP contribution < -0.4 is 4.90 Å². The van der Waals surface area contributed by atoms with E-state index in [0.29, 0.717) is 5.02 Å². The van der Waals surface area contributed by atoms with Crippen molar-refractivity contribution in [3.05, 3.63) is 28.8 Å². The molecular formula is C14H23ClN2O. The number of aliphatic hydroxyl groups excluding tert-OH is 1. The zero-order valence-corrected chi connectivity index (χ0v) is 12.4. The molecule has 0 fully saturated rings. The highest BCUT2D eigenvalue weighted by Crippen LogP contribution is 2.28. The summed E-state index contributed by atoms with van der Waals surface area (Å²) < 4.78 is 0. The molecule has 0 aliphatic carbocycles. The zero-order chi connectivity index (χ0) is 13.7. The van der Waals surface area contributed by atoms with Gasteiger partial charge in [-0.25, -0.2) is 0 Å². The fourth-order valence-corrected chi connectivity index (χ4v) is 2.17. The third-order valence-electron chi connectivity index (χ3n) is 2.96. The van der Waals surface area contributed by atoms with E-state index in [0.717, 1.165) is 30.8 Å². The summed E-state index contributed by atoms with van der Waals surface area (Å²) in [5.74, 6) is 0. The van der Waals surface area contributed by atoms with Crippen molar-refractivity contribution in [1.82, 2.24) is 4.90 Å². The van der Waals surface area contributed by atoms with Crippen LogP contribution in [0, 0.1) is 0 Å². The van der Waals surface area contributed by atoms with Gasteiger partial charge in [-0.05, 0) is 51.7 Å². The van der Waals surface area contributed by atoms with Gasteiger partial charge in [-0.2, -0.15) is 0 Å². The van der Waals surface area contributed by atoms with Crippen molar-refractivity contribution in [2.45, 2.75) is 19.4 Å². The molecule has 0 saturated carbocycles. The first kappa shape index (κ1) is 15.3. The van der Waals surface area contributed by atoms with Gasteiger partial charge in [-0.15, -0.1) is 0 Å². The van der Waals surface area contributed by atoms with Gasteiger partial charge in [0, 0.05) is 13.6 Å². The lowest BCUT2D eigenvalue weighted by atomic mass is 10.1. The lowest BCUT2D eigenvalue weighted by Crippen LogP contribution is -2.23. The Balaban J connectivity index is 2.65. The number of aliphatic hydroxyl groups is 1. The maximum absolute atomic E-state index is 9.50. The van der Waals surface area contributed by atoms with Crippen LogP contribution in [0.3, 0.4) is 0 Å². The molecule has 0 radical (unpaired) electrons. The molecule has 1 rings (SSSR count). The first-order chi connectivity index (χ1) is 8.41. The molecule has 0 bridgehead atoms. The summed E-state index contributed by atoms with van der Waals surface area (Å²) >= 11 is 6.25. The van der Waals surface area contributed by atoms with Gasteiger partial charge in [0.05, 0.1) is 16.8 Å². The van der Waals surface area contributed by atoms with Crippen molar-refractivity contribution >= 4 is 17.3 Å².